The molecule has 0 aliphatic carbocycles. The Morgan fingerprint density at radius 1 is 1.38 bits per heavy atom. The molecule has 1 aromatic heterocycles. The zero-order valence-corrected chi connectivity index (χ0v) is 8.38. The molecule has 0 aliphatic heterocycles. The van der Waals surface area contributed by atoms with Gasteiger partial charge in [-0.25, -0.2) is 4.79 Å². The number of hydrogen-bond acceptors (Lipinski definition) is 4. The van der Waals surface area contributed by atoms with E-state index in [0.29, 0.717) is 11.1 Å². The quantitative estimate of drug-likeness (QED) is 0.774. The van der Waals surface area contributed by atoms with Gasteiger partial charge in [-0.3, -0.25) is 0 Å². The van der Waals surface area contributed by atoms with Crippen molar-refractivity contribution in [1.82, 2.24) is 0 Å². The van der Waals surface area contributed by atoms with E-state index in [2.05, 4.69) is 0 Å². The Labute approximate surface area is 91.4 Å². The Bertz CT molecular complexity index is 609. The lowest BCUT2D eigenvalue weighted by molar-refractivity contribution is 0.183. The maximum absolute atomic E-state index is 10.9. The molecule has 0 saturated carbocycles. The Hall–Kier alpha value is -2.12. The monoisotopic (exact) mass is 215 g/mol. The van der Waals surface area contributed by atoms with Gasteiger partial charge in [0.2, 0.25) is 0 Å². The van der Waals surface area contributed by atoms with Gasteiger partial charge in [0.1, 0.15) is 5.58 Å². The lowest BCUT2D eigenvalue weighted by Crippen LogP contribution is -1.98. The van der Waals surface area contributed by atoms with Crippen molar-refractivity contribution in [2.24, 2.45) is 0 Å². The molecule has 80 valence electrons. The maximum Gasteiger partial charge on any atom is 0.336 e. The molecule has 0 bridgehead atoms. The molecule has 0 spiro atoms. The summed E-state index contributed by atoms with van der Waals surface area (Å²) in [6.45, 7) is 0. The molecule has 4 nitrogen and oxygen atoms in total. The highest BCUT2D eigenvalue weighted by Crippen LogP contribution is 2.21. The second kappa shape index (κ2) is 4.17. The largest absolute Gasteiger partial charge is 0.423 e. The van der Waals surface area contributed by atoms with Crippen LogP contribution in [-0.4, -0.2) is 5.11 Å². The fourth-order valence-electron chi connectivity index (χ4n) is 1.50. The highest BCUT2D eigenvalue weighted by Gasteiger charge is 2.08. The number of nitrogens with zero attached hydrogens (tertiary/aromatic N) is 1. The first-order valence-electron chi connectivity index (χ1n) is 4.79. The molecule has 0 fully saturated rings. The SMILES string of the molecule is N#CCC(O)c1ccc2oc(=O)ccc2c1. The number of rotatable bonds is 2. The van der Waals surface area contributed by atoms with Crippen LogP contribution in [0, 0.1) is 11.3 Å². The number of aliphatic hydroxyl groups excluding tert-OH is 1. The Morgan fingerprint density at radius 3 is 2.94 bits per heavy atom. The molecular formula is C12H9NO3. The van der Waals surface area contributed by atoms with Crippen molar-refractivity contribution in [3.05, 3.63) is 46.3 Å². The molecule has 0 radical (unpaired) electrons. The van der Waals surface area contributed by atoms with E-state index in [1.807, 2.05) is 6.07 Å². The van der Waals surface area contributed by atoms with E-state index in [9.17, 15) is 9.90 Å². The third-order valence-corrected chi connectivity index (χ3v) is 2.31. The van der Waals surface area contributed by atoms with Crippen LogP contribution in [0.5, 0.6) is 0 Å². The zero-order valence-electron chi connectivity index (χ0n) is 8.38. The third kappa shape index (κ3) is 1.95. The summed E-state index contributed by atoms with van der Waals surface area (Å²) in [7, 11) is 0. The van der Waals surface area contributed by atoms with E-state index >= 15 is 0 Å². The minimum atomic E-state index is -0.804. The molecule has 1 unspecified atom stereocenters. The van der Waals surface area contributed by atoms with Crippen LogP contribution in [0.4, 0.5) is 0 Å². The number of nitriles is 1. The predicted octanol–water partition coefficient (Wildman–Crippen LogP) is 1.74. The van der Waals surface area contributed by atoms with Gasteiger partial charge < -0.3 is 9.52 Å². The predicted molar refractivity (Wildman–Crippen MR) is 57.7 cm³/mol. The number of benzene rings is 1. The van der Waals surface area contributed by atoms with E-state index in [1.54, 1.807) is 24.3 Å². The van der Waals surface area contributed by atoms with Crippen LogP contribution >= 0.6 is 0 Å². The van der Waals surface area contributed by atoms with Crippen LogP contribution in [0.15, 0.2) is 39.5 Å². The van der Waals surface area contributed by atoms with Gasteiger partial charge in [0.25, 0.3) is 0 Å². The second-order valence-corrected chi connectivity index (χ2v) is 3.43. The van der Waals surface area contributed by atoms with Crippen molar-refractivity contribution < 1.29 is 9.52 Å². The number of aliphatic hydroxyl groups is 1. The molecule has 2 aromatic rings. The standard InChI is InChI=1S/C12H9NO3/c13-6-5-10(14)8-1-3-11-9(7-8)2-4-12(15)16-11/h1-4,7,10,14H,5H2. The number of fused-ring (bicyclic) bond motifs is 1. The van der Waals surface area contributed by atoms with Crippen LogP contribution in [0.25, 0.3) is 11.0 Å². The van der Waals surface area contributed by atoms with Crippen LogP contribution in [0.1, 0.15) is 18.1 Å². The Morgan fingerprint density at radius 2 is 2.19 bits per heavy atom. The van der Waals surface area contributed by atoms with E-state index < -0.39 is 11.7 Å². The van der Waals surface area contributed by atoms with Crippen LogP contribution < -0.4 is 5.63 Å². The highest BCUT2D eigenvalue weighted by atomic mass is 16.4. The molecule has 4 heteroatoms. The summed E-state index contributed by atoms with van der Waals surface area (Å²) in [5, 5.41) is 18.8. The summed E-state index contributed by atoms with van der Waals surface area (Å²) < 4.78 is 4.95. The Balaban J connectivity index is 2.49. The summed E-state index contributed by atoms with van der Waals surface area (Å²) in [6, 6.07) is 9.82. The molecule has 0 aliphatic rings. The van der Waals surface area contributed by atoms with E-state index in [4.69, 9.17) is 9.68 Å². The Kier molecular flexibility index (Phi) is 2.71. The third-order valence-electron chi connectivity index (χ3n) is 2.31. The van der Waals surface area contributed by atoms with Gasteiger partial charge in [-0.15, -0.1) is 0 Å². The fraction of sp³-hybridized carbons (Fsp3) is 0.167. The van der Waals surface area contributed by atoms with Crippen molar-refractivity contribution in [3.8, 4) is 6.07 Å². The van der Waals surface area contributed by atoms with E-state index in [-0.39, 0.29) is 6.42 Å². The number of hydrogen-bond donors (Lipinski definition) is 1. The lowest BCUT2D eigenvalue weighted by atomic mass is 10.1. The van der Waals surface area contributed by atoms with Gasteiger partial charge in [0.05, 0.1) is 18.6 Å². The fourth-order valence-corrected chi connectivity index (χ4v) is 1.50. The average molecular weight is 215 g/mol. The van der Waals surface area contributed by atoms with Crippen LogP contribution in [0.3, 0.4) is 0 Å². The van der Waals surface area contributed by atoms with Crippen molar-refractivity contribution in [2.75, 3.05) is 0 Å². The molecular weight excluding hydrogens is 206 g/mol. The first kappa shape index (κ1) is 10.4. The van der Waals surface area contributed by atoms with E-state index in [1.165, 1.54) is 6.07 Å². The molecule has 2 rings (SSSR count). The molecule has 0 saturated heterocycles. The summed E-state index contributed by atoms with van der Waals surface area (Å²) in [5.41, 5.74) is 0.709. The molecule has 16 heavy (non-hydrogen) atoms. The summed E-state index contributed by atoms with van der Waals surface area (Å²) in [4.78, 5) is 10.9. The van der Waals surface area contributed by atoms with Gasteiger partial charge in [0.15, 0.2) is 0 Å². The minimum absolute atomic E-state index is 0.0439. The molecule has 1 N–H and O–H groups in total. The van der Waals surface area contributed by atoms with E-state index in [0.717, 1.165) is 5.39 Å². The van der Waals surface area contributed by atoms with Gasteiger partial charge in [-0.05, 0) is 23.8 Å². The first-order valence-corrected chi connectivity index (χ1v) is 4.79. The first-order chi connectivity index (χ1) is 7.70. The summed E-state index contributed by atoms with van der Waals surface area (Å²) >= 11 is 0. The topological polar surface area (TPSA) is 74.2 Å². The van der Waals surface area contributed by atoms with Crippen LogP contribution in [0.2, 0.25) is 0 Å². The molecule has 1 aromatic carbocycles. The maximum atomic E-state index is 10.9. The summed E-state index contributed by atoms with van der Waals surface area (Å²) in [5.74, 6) is 0. The summed E-state index contributed by atoms with van der Waals surface area (Å²) in [6.07, 6.45) is -0.760. The van der Waals surface area contributed by atoms with Crippen LogP contribution in [-0.2, 0) is 0 Å². The normalized spacial score (nSPS) is 12.2. The molecule has 1 atom stereocenters. The van der Waals surface area contributed by atoms with Gasteiger partial charge in [-0.1, -0.05) is 6.07 Å². The van der Waals surface area contributed by atoms with Gasteiger partial charge >= 0.3 is 5.63 Å². The van der Waals surface area contributed by atoms with Gasteiger partial charge in [0, 0.05) is 11.5 Å². The van der Waals surface area contributed by atoms with Crippen molar-refractivity contribution in [1.29, 1.82) is 5.26 Å². The molecule has 0 amide bonds. The average Bonchev–Trinajstić information content (AvgIpc) is 2.28. The van der Waals surface area contributed by atoms with Crippen molar-refractivity contribution in [2.45, 2.75) is 12.5 Å². The van der Waals surface area contributed by atoms with Gasteiger partial charge in [-0.2, -0.15) is 5.26 Å². The lowest BCUT2D eigenvalue weighted by Gasteiger charge is -2.07. The van der Waals surface area contributed by atoms with Crippen molar-refractivity contribution in [3.63, 3.8) is 0 Å². The highest BCUT2D eigenvalue weighted by molar-refractivity contribution is 5.77. The van der Waals surface area contributed by atoms with Crippen molar-refractivity contribution >= 4 is 11.0 Å². The smallest absolute Gasteiger partial charge is 0.336 e. The molecule has 1 heterocycles. The zero-order chi connectivity index (χ0) is 11.5. The second-order valence-electron chi connectivity index (χ2n) is 3.43. The minimum Gasteiger partial charge on any atom is -0.423 e.